The number of ether oxygens (including phenoxy) is 2. The van der Waals surface area contributed by atoms with Gasteiger partial charge in [0.25, 0.3) is 5.91 Å². The highest BCUT2D eigenvalue weighted by Crippen LogP contribution is 2.40. The standard InChI is InChI=1S/C19H24N4O6S2/c1-9-11(16(26)28-8-29-17(27)19(2,3)4)6-23-14(25)13(15(23)31-9)22-12(24)5-10-7-30-18(20)21-10/h6-7,9,13,15H,5,8H2,1-4H3,(H2,20,21)(H,22,24)/t9?,13?,15-/m1/s1. The molecule has 3 atom stereocenters. The number of esters is 2. The number of aromatic nitrogens is 1. The number of nitrogens with one attached hydrogen (secondary N) is 1. The molecule has 1 aromatic rings. The number of nitrogens with two attached hydrogens (primary N) is 1. The fraction of sp³-hybridized carbons (Fsp3) is 0.526. The summed E-state index contributed by atoms with van der Waals surface area (Å²) in [7, 11) is 0. The zero-order valence-corrected chi connectivity index (χ0v) is 19.2. The maximum atomic E-state index is 12.5. The molecule has 31 heavy (non-hydrogen) atoms. The minimum Gasteiger partial charge on any atom is -0.427 e. The topological polar surface area (TPSA) is 141 Å². The Morgan fingerprint density at radius 3 is 2.61 bits per heavy atom. The van der Waals surface area contributed by atoms with Crippen molar-refractivity contribution in [1.29, 1.82) is 0 Å². The van der Waals surface area contributed by atoms with Crippen LogP contribution in [0.3, 0.4) is 0 Å². The van der Waals surface area contributed by atoms with Crippen molar-refractivity contribution in [2.45, 2.75) is 50.8 Å². The van der Waals surface area contributed by atoms with E-state index in [1.165, 1.54) is 34.2 Å². The number of fused-ring (bicyclic) bond motifs is 1. The van der Waals surface area contributed by atoms with Gasteiger partial charge < -0.3 is 25.4 Å². The SMILES string of the molecule is CC1S[C@@H]2C(NC(=O)Cc3csc(N)n3)C(=O)N2C=C1C(=O)OCOC(=O)C(C)(C)C. The molecule has 12 heteroatoms. The maximum absolute atomic E-state index is 12.5. The quantitative estimate of drug-likeness (QED) is 0.356. The summed E-state index contributed by atoms with van der Waals surface area (Å²) in [6.07, 6.45) is 1.47. The molecule has 3 heterocycles. The number of nitrogen functional groups attached to an aromatic ring is 1. The highest BCUT2D eigenvalue weighted by Gasteiger charge is 2.51. The fourth-order valence-electron chi connectivity index (χ4n) is 2.89. The Morgan fingerprint density at radius 2 is 2.00 bits per heavy atom. The molecule has 0 saturated carbocycles. The third-order valence-corrected chi connectivity index (χ3v) is 6.76. The van der Waals surface area contributed by atoms with E-state index >= 15 is 0 Å². The van der Waals surface area contributed by atoms with Gasteiger partial charge in [0.1, 0.15) is 11.4 Å². The summed E-state index contributed by atoms with van der Waals surface area (Å²) in [6.45, 7) is 6.38. The second kappa shape index (κ2) is 8.87. The van der Waals surface area contributed by atoms with Gasteiger partial charge in [-0.3, -0.25) is 14.4 Å². The normalized spacial score (nSPS) is 22.7. The van der Waals surface area contributed by atoms with Crippen LogP contribution in [0.2, 0.25) is 0 Å². The van der Waals surface area contributed by atoms with Gasteiger partial charge in [0.15, 0.2) is 5.13 Å². The van der Waals surface area contributed by atoms with Crippen molar-refractivity contribution >= 4 is 52.0 Å². The molecule has 168 valence electrons. The summed E-state index contributed by atoms with van der Waals surface area (Å²) in [5, 5.41) is 4.19. The van der Waals surface area contributed by atoms with Crippen LogP contribution in [0.1, 0.15) is 33.4 Å². The third-order valence-electron chi connectivity index (χ3n) is 4.60. The van der Waals surface area contributed by atoms with Crippen molar-refractivity contribution < 1.29 is 28.7 Å². The highest BCUT2D eigenvalue weighted by molar-refractivity contribution is 8.00. The summed E-state index contributed by atoms with van der Waals surface area (Å²) >= 11 is 2.60. The summed E-state index contributed by atoms with van der Waals surface area (Å²) in [5.41, 5.74) is 5.68. The van der Waals surface area contributed by atoms with Gasteiger partial charge in [0.2, 0.25) is 12.7 Å². The largest absolute Gasteiger partial charge is 0.427 e. The van der Waals surface area contributed by atoms with Gasteiger partial charge in [-0.05, 0) is 27.7 Å². The average molecular weight is 469 g/mol. The van der Waals surface area contributed by atoms with Crippen LogP contribution in [0.5, 0.6) is 0 Å². The minimum atomic E-state index is -0.706. The molecule has 1 fully saturated rings. The van der Waals surface area contributed by atoms with E-state index in [1.54, 1.807) is 33.1 Å². The molecule has 2 unspecified atom stereocenters. The van der Waals surface area contributed by atoms with Crippen molar-refractivity contribution in [2.75, 3.05) is 12.5 Å². The van der Waals surface area contributed by atoms with Gasteiger partial charge in [-0.1, -0.05) is 0 Å². The number of thiazole rings is 1. The molecule has 0 bridgehead atoms. The van der Waals surface area contributed by atoms with Crippen LogP contribution < -0.4 is 11.1 Å². The van der Waals surface area contributed by atoms with E-state index in [0.29, 0.717) is 10.8 Å². The summed E-state index contributed by atoms with van der Waals surface area (Å²) < 4.78 is 9.97. The first-order valence-corrected chi connectivity index (χ1v) is 11.3. The summed E-state index contributed by atoms with van der Waals surface area (Å²) in [4.78, 5) is 54.3. The molecule has 10 nitrogen and oxygen atoms in total. The van der Waals surface area contributed by atoms with Gasteiger partial charge in [0.05, 0.1) is 23.1 Å². The Balaban J connectivity index is 1.54. The zero-order chi connectivity index (χ0) is 22.9. The van der Waals surface area contributed by atoms with Crippen LogP contribution in [0.4, 0.5) is 5.13 Å². The summed E-state index contributed by atoms with van der Waals surface area (Å²) in [6, 6.07) is -0.683. The lowest BCUT2D eigenvalue weighted by atomic mass is 9.98. The Hall–Kier alpha value is -2.60. The number of carbonyl (C=O) groups is 4. The molecular weight excluding hydrogens is 444 g/mol. The molecule has 2 amide bonds. The third kappa shape index (κ3) is 5.18. The van der Waals surface area contributed by atoms with Crippen molar-refractivity contribution in [1.82, 2.24) is 15.2 Å². The predicted molar refractivity (Wildman–Crippen MR) is 114 cm³/mol. The first-order valence-electron chi connectivity index (χ1n) is 9.50. The second-order valence-corrected chi connectivity index (χ2v) is 10.5. The summed E-state index contributed by atoms with van der Waals surface area (Å²) in [5.74, 6) is -1.80. The molecule has 1 saturated heterocycles. The van der Waals surface area contributed by atoms with Crippen molar-refractivity contribution in [3.05, 3.63) is 22.8 Å². The minimum absolute atomic E-state index is 0.0329. The van der Waals surface area contributed by atoms with Crippen LogP contribution in [0, 0.1) is 5.41 Å². The monoisotopic (exact) mass is 468 g/mol. The number of amides is 2. The Labute approximate surface area is 187 Å². The van der Waals surface area contributed by atoms with Gasteiger partial charge in [0, 0.05) is 16.8 Å². The molecule has 0 aromatic carbocycles. The zero-order valence-electron chi connectivity index (χ0n) is 17.5. The van der Waals surface area contributed by atoms with Crippen LogP contribution in [-0.4, -0.2) is 57.1 Å². The molecule has 0 spiro atoms. The van der Waals surface area contributed by atoms with Crippen molar-refractivity contribution in [2.24, 2.45) is 5.41 Å². The van der Waals surface area contributed by atoms with E-state index in [2.05, 4.69) is 10.3 Å². The van der Waals surface area contributed by atoms with E-state index in [-0.39, 0.29) is 34.4 Å². The fourth-order valence-corrected chi connectivity index (χ4v) is 4.81. The number of thioether (sulfide) groups is 1. The number of carbonyl (C=O) groups excluding carboxylic acids is 4. The molecule has 3 rings (SSSR count). The number of nitrogens with zero attached hydrogens (tertiary/aromatic N) is 2. The van der Waals surface area contributed by atoms with Gasteiger partial charge in [-0.25, -0.2) is 9.78 Å². The average Bonchev–Trinajstić information content (AvgIpc) is 3.09. The number of anilines is 1. The maximum Gasteiger partial charge on any atom is 0.339 e. The number of β-lactam (4-membered cyclic amide) rings is 1. The lowest BCUT2D eigenvalue weighted by molar-refractivity contribution is -0.171. The number of hydrogen-bond acceptors (Lipinski definition) is 10. The van der Waals surface area contributed by atoms with E-state index in [4.69, 9.17) is 15.2 Å². The molecular formula is C19H24N4O6S2. The van der Waals surface area contributed by atoms with E-state index in [0.717, 1.165) is 0 Å². The first-order chi connectivity index (χ1) is 14.5. The lowest BCUT2D eigenvalue weighted by Crippen LogP contribution is -2.69. The van der Waals surface area contributed by atoms with Crippen LogP contribution >= 0.6 is 23.1 Å². The smallest absolute Gasteiger partial charge is 0.339 e. The molecule has 1 aromatic heterocycles. The van der Waals surface area contributed by atoms with Crippen molar-refractivity contribution in [3.63, 3.8) is 0 Å². The first kappa shape index (κ1) is 23.1. The number of hydrogen-bond donors (Lipinski definition) is 2. The second-order valence-electron chi connectivity index (χ2n) is 8.13. The van der Waals surface area contributed by atoms with Crippen LogP contribution in [0.25, 0.3) is 0 Å². The van der Waals surface area contributed by atoms with Gasteiger partial charge in [-0.15, -0.1) is 23.1 Å². The predicted octanol–water partition coefficient (Wildman–Crippen LogP) is 1.03. The lowest BCUT2D eigenvalue weighted by Gasteiger charge is -2.48. The van der Waals surface area contributed by atoms with Crippen LogP contribution in [0.15, 0.2) is 17.2 Å². The molecule has 0 radical (unpaired) electrons. The Morgan fingerprint density at radius 1 is 1.29 bits per heavy atom. The number of rotatable bonds is 6. The molecule has 2 aliphatic heterocycles. The van der Waals surface area contributed by atoms with Crippen LogP contribution in [-0.2, 0) is 35.1 Å². The van der Waals surface area contributed by atoms with Gasteiger partial charge in [-0.2, -0.15) is 0 Å². The Bertz CT molecular complexity index is 938. The van der Waals surface area contributed by atoms with E-state index in [1.807, 2.05) is 0 Å². The molecule has 2 aliphatic rings. The van der Waals surface area contributed by atoms with Gasteiger partial charge >= 0.3 is 11.9 Å². The van der Waals surface area contributed by atoms with E-state index in [9.17, 15) is 19.2 Å². The van der Waals surface area contributed by atoms with Crippen molar-refractivity contribution in [3.8, 4) is 0 Å². The molecule has 3 N–H and O–H groups in total. The Kier molecular flexibility index (Phi) is 6.60. The van der Waals surface area contributed by atoms with E-state index < -0.39 is 30.2 Å². The highest BCUT2D eigenvalue weighted by atomic mass is 32.2. The molecule has 0 aliphatic carbocycles.